The lowest BCUT2D eigenvalue weighted by Crippen LogP contribution is -2.47. The first-order valence-corrected chi connectivity index (χ1v) is 8.46. The molecule has 1 saturated heterocycles. The summed E-state index contributed by atoms with van der Waals surface area (Å²) in [5.41, 5.74) is -0.0565. The van der Waals surface area contributed by atoms with E-state index in [1.54, 1.807) is 11.8 Å². The fourth-order valence-electron chi connectivity index (χ4n) is 2.13. The second-order valence-electron chi connectivity index (χ2n) is 6.51. The van der Waals surface area contributed by atoms with Crippen molar-refractivity contribution in [3.05, 3.63) is 27.7 Å². The van der Waals surface area contributed by atoms with Gasteiger partial charge in [-0.3, -0.25) is 14.7 Å². The minimum atomic E-state index is -0.615. The zero-order valence-electron chi connectivity index (χ0n) is 13.7. The molecule has 2 rings (SSSR count). The average Bonchev–Trinajstić information content (AvgIpc) is 2.93. The van der Waals surface area contributed by atoms with Crippen LogP contribution in [0, 0.1) is 12.3 Å². The van der Waals surface area contributed by atoms with Crippen molar-refractivity contribution in [3.63, 3.8) is 0 Å². The summed E-state index contributed by atoms with van der Waals surface area (Å²) in [6.45, 7) is 6.96. The van der Waals surface area contributed by atoms with Crippen LogP contribution in [0.4, 0.5) is 0 Å². The summed E-state index contributed by atoms with van der Waals surface area (Å²) in [5.74, 6) is 0.377. The lowest BCUT2D eigenvalue weighted by atomic mass is 9.94. The van der Waals surface area contributed by atoms with Gasteiger partial charge in [-0.2, -0.15) is 5.10 Å². The van der Waals surface area contributed by atoms with Crippen LogP contribution in [0.2, 0.25) is 0 Å². The summed E-state index contributed by atoms with van der Waals surface area (Å²) in [6, 6.07) is 0.785. The fourth-order valence-corrected chi connectivity index (χ4v) is 3.27. The van der Waals surface area contributed by atoms with Crippen molar-refractivity contribution in [1.82, 2.24) is 15.1 Å². The number of carbonyl (C=O) groups is 2. The van der Waals surface area contributed by atoms with E-state index in [1.165, 1.54) is 17.8 Å². The maximum Gasteiger partial charge on any atom is 0.330 e. The average molecular weight is 339 g/mol. The molecule has 0 radical (unpaired) electrons. The van der Waals surface area contributed by atoms with Gasteiger partial charge in [0.05, 0.1) is 5.88 Å². The van der Waals surface area contributed by atoms with E-state index in [4.69, 9.17) is 4.74 Å². The Morgan fingerprint density at radius 3 is 2.78 bits per heavy atom. The van der Waals surface area contributed by atoms with Gasteiger partial charge in [-0.15, -0.1) is 11.8 Å². The summed E-state index contributed by atoms with van der Waals surface area (Å²) in [4.78, 5) is 37.9. The normalized spacial score (nSPS) is 18.1. The molecule has 2 heterocycles. The molecule has 0 saturated carbocycles. The maximum absolute atomic E-state index is 12.4. The van der Waals surface area contributed by atoms with Crippen LogP contribution in [0.15, 0.2) is 10.9 Å². The van der Waals surface area contributed by atoms with Crippen LogP contribution in [-0.2, 0) is 20.9 Å². The zero-order chi connectivity index (χ0) is 17.2. The number of hydrogen-bond acceptors (Lipinski definition) is 6. The molecule has 0 bridgehead atoms. The molecule has 1 aromatic rings. The van der Waals surface area contributed by atoms with E-state index in [0.717, 1.165) is 0 Å². The van der Waals surface area contributed by atoms with E-state index < -0.39 is 17.4 Å². The SMILES string of the molecule is Cc1cc(=O)c(COC(=O)C2CSCN2C(=O)C(C)(C)C)n[nH]1. The van der Waals surface area contributed by atoms with Crippen molar-refractivity contribution < 1.29 is 14.3 Å². The molecule has 8 heteroatoms. The molecule has 0 aliphatic carbocycles. The molecule has 1 aromatic heterocycles. The van der Waals surface area contributed by atoms with Crippen molar-refractivity contribution in [3.8, 4) is 0 Å². The Morgan fingerprint density at radius 1 is 1.48 bits per heavy atom. The Morgan fingerprint density at radius 2 is 2.17 bits per heavy atom. The number of nitrogens with one attached hydrogen (secondary N) is 1. The highest BCUT2D eigenvalue weighted by Crippen LogP contribution is 2.28. The summed E-state index contributed by atoms with van der Waals surface area (Å²) in [5, 5.41) is 6.54. The molecule has 1 unspecified atom stereocenters. The monoisotopic (exact) mass is 339 g/mol. The minimum absolute atomic E-state index is 0.0873. The smallest absolute Gasteiger partial charge is 0.330 e. The first kappa shape index (κ1) is 17.5. The Hall–Kier alpha value is -1.83. The molecule has 1 N–H and O–H groups in total. The number of amides is 1. The standard InChI is InChI=1S/C15H21N3O4S/c1-9-5-12(19)10(17-16-9)6-22-13(20)11-7-23-8-18(11)14(21)15(2,3)4/h5,11H,6-8H2,1-4H3,(H,16,19). The van der Waals surface area contributed by atoms with E-state index in [1.807, 2.05) is 20.8 Å². The summed E-state index contributed by atoms with van der Waals surface area (Å²) in [7, 11) is 0. The van der Waals surface area contributed by atoms with Gasteiger partial charge < -0.3 is 9.64 Å². The zero-order valence-corrected chi connectivity index (χ0v) is 14.5. The minimum Gasteiger partial charge on any atom is -0.457 e. The van der Waals surface area contributed by atoms with Crippen molar-refractivity contribution >= 4 is 23.6 Å². The molecule has 0 aromatic carbocycles. The number of thioether (sulfide) groups is 1. The predicted octanol–water partition coefficient (Wildman–Crippen LogP) is 1.07. The van der Waals surface area contributed by atoms with E-state index in [0.29, 0.717) is 17.3 Å². The van der Waals surface area contributed by atoms with Crippen LogP contribution in [0.1, 0.15) is 32.2 Å². The third kappa shape index (κ3) is 4.13. The highest BCUT2D eigenvalue weighted by Gasteiger charge is 2.39. The van der Waals surface area contributed by atoms with Gasteiger partial charge in [0.25, 0.3) is 0 Å². The molecule has 1 amide bonds. The first-order valence-electron chi connectivity index (χ1n) is 7.31. The summed E-state index contributed by atoms with van der Waals surface area (Å²) < 4.78 is 5.20. The second kappa shape index (κ2) is 6.74. The number of nitrogens with zero attached hydrogens (tertiary/aromatic N) is 2. The quantitative estimate of drug-likeness (QED) is 0.828. The Bertz CT molecular complexity index is 665. The molecule has 0 spiro atoms. The van der Waals surface area contributed by atoms with Crippen LogP contribution in [0.3, 0.4) is 0 Å². The van der Waals surface area contributed by atoms with Crippen LogP contribution < -0.4 is 5.43 Å². The Balaban J connectivity index is 2.02. The van der Waals surface area contributed by atoms with Gasteiger partial charge in [0.15, 0.2) is 0 Å². The van der Waals surface area contributed by atoms with Crippen molar-refractivity contribution in [2.75, 3.05) is 11.6 Å². The number of aromatic amines is 1. The predicted molar refractivity (Wildman–Crippen MR) is 86.8 cm³/mol. The maximum atomic E-state index is 12.4. The van der Waals surface area contributed by atoms with Crippen LogP contribution in [0.5, 0.6) is 0 Å². The largest absolute Gasteiger partial charge is 0.457 e. The number of carbonyl (C=O) groups excluding carboxylic acids is 2. The number of hydrogen-bond donors (Lipinski definition) is 1. The highest BCUT2D eigenvalue weighted by atomic mass is 32.2. The first-order chi connectivity index (χ1) is 10.7. The second-order valence-corrected chi connectivity index (χ2v) is 7.51. The van der Waals surface area contributed by atoms with Crippen LogP contribution in [-0.4, -0.2) is 44.6 Å². The van der Waals surface area contributed by atoms with Crippen molar-refractivity contribution in [2.24, 2.45) is 5.41 Å². The molecule has 1 fully saturated rings. The number of H-pyrrole nitrogens is 1. The number of esters is 1. The van der Waals surface area contributed by atoms with E-state index >= 15 is 0 Å². The third-order valence-corrected chi connectivity index (χ3v) is 4.42. The van der Waals surface area contributed by atoms with Gasteiger partial charge in [0.1, 0.15) is 18.3 Å². The van der Waals surface area contributed by atoms with Gasteiger partial charge in [-0.1, -0.05) is 20.8 Å². The van der Waals surface area contributed by atoms with Gasteiger partial charge in [0, 0.05) is 22.9 Å². The van der Waals surface area contributed by atoms with Gasteiger partial charge in [0.2, 0.25) is 11.3 Å². The Kier molecular flexibility index (Phi) is 5.13. The van der Waals surface area contributed by atoms with Gasteiger partial charge in [-0.05, 0) is 6.92 Å². The Labute approximate surface area is 138 Å². The lowest BCUT2D eigenvalue weighted by molar-refractivity contribution is -0.156. The molecule has 126 valence electrons. The fraction of sp³-hybridized carbons (Fsp3) is 0.600. The number of ether oxygens (including phenoxy) is 1. The molecular weight excluding hydrogens is 318 g/mol. The number of aromatic nitrogens is 2. The van der Waals surface area contributed by atoms with Gasteiger partial charge in [-0.25, -0.2) is 4.79 Å². The molecule has 1 aliphatic rings. The number of rotatable bonds is 3. The molecular formula is C15H21N3O4S. The highest BCUT2D eigenvalue weighted by molar-refractivity contribution is 7.99. The van der Waals surface area contributed by atoms with E-state index in [-0.39, 0.29) is 23.6 Å². The van der Waals surface area contributed by atoms with E-state index in [9.17, 15) is 14.4 Å². The third-order valence-electron chi connectivity index (χ3n) is 3.41. The lowest BCUT2D eigenvalue weighted by Gasteiger charge is -2.28. The van der Waals surface area contributed by atoms with Crippen LogP contribution >= 0.6 is 11.8 Å². The summed E-state index contributed by atoms with van der Waals surface area (Å²) in [6.07, 6.45) is 0. The summed E-state index contributed by atoms with van der Waals surface area (Å²) >= 11 is 1.51. The van der Waals surface area contributed by atoms with E-state index in [2.05, 4.69) is 10.2 Å². The van der Waals surface area contributed by atoms with Gasteiger partial charge >= 0.3 is 5.97 Å². The molecule has 1 atom stereocenters. The number of aryl methyl sites for hydroxylation is 1. The molecule has 7 nitrogen and oxygen atoms in total. The van der Waals surface area contributed by atoms with Crippen LogP contribution in [0.25, 0.3) is 0 Å². The molecule has 23 heavy (non-hydrogen) atoms. The van der Waals surface area contributed by atoms with Crippen molar-refractivity contribution in [1.29, 1.82) is 0 Å². The van der Waals surface area contributed by atoms with Crippen molar-refractivity contribution in [2.45, 2.75) is 40.3 Å². The topological polar surface area (TPSA) is 92.4 Å². The molecule has 1 aliphatic heterocycles.